The highest BCUT2D eigenvalue weighted by atomic mass is 16.5. The molecule has 2 aromatic carbocycles. The second kappa shape index (κ2) is 5.89. The Bertz CT molecular complexity index is 758. The van der Waals surface area contributed by atoms with Gasteiger partial charge in [-0.15, -0.1) is 0 Å². The smallest absolute Gasteiger partial charge is 0.216 e. The van der Waals surface area contributed by atoms with E-state index in [1.54, 1.807) is 13.2 Å². The predicted octanol–water partition coefficient (Wildman–Crippen LogP) is 2.91. The maximum absolute atomic E-state index is 10.4. The Kier molecular flexibility index (Phi) is 3.79. The highest BCUT2D eigenvalue weighted by Crippen LogP contribution is 2.23. The molecule has 0 bridgehead atoms. The summed E-state index contributed by atoms with van der Waals surface area (Å²) in [5, 5.41) is 12.7. The van der Waals surface area contributed by atoms with Gasteiger partial charge in [-0.3, -0.25) is 0 Å². The zero-order valence-electron chi connectivity index (χ0n) is 11.7. The van der Waals surface area contributed by atoms with Crippen molar-refractivity contribution in [2.75, 3.05) is 7.11 Å². The summed E-state index contributed by atoms with van der Waals surface area (Å²) in [6, 6.07) is 15.8. The van der Waals surface area contributed by atoms with E-state index >= 15 is 0 Å². The van der Waals surface area contributed by atoms with Gasteiger partial charge in [-0.05, 0) is 22.4 Å². The molecule has 3 rings (SSSR count). The number of hydrogen-bond acceptors (Lipinski definition) is 4. The standard InChI is InChI=1S/C17H16N2O2/c1-21-17-10-15(18-11-19-17)9-16(20)14-7-6-12-4-2-3-5-13(12)8-14/h2-8,10-11,16,20H,9H2,1H3. The van der Waals surface area contributed by atoms with Crippen molar-refractivity contribution in [2.45, 2.75) is 12.5 Å². The number of aromatic nitrogens is 2. The van der Waals surface area contributed by atoms with Crippen LogP contribution in [-0.2, 0) is 6.42 Å². The highest BCUT2D eigenvalue weighted by molar-refractivity contribution is 5.83. The third kappa shape index (κ3) is 3.01. The molecule has 1 N–H and O–H groups in total. The van der Waals surface area contributed by atoms with Gasteiger partial charge in [-0.25, -0.2) is 9.97 Å². The van der Waals surface area contributed by atoms with Crippen molar-refractivity contribution >= 4 is 10.8 Å². The van der Waals surface area contributed by atoms with E-state index in [0.717, 1.165) is 22.0 Å². The third-order valence-corrected chi connectivity index (χ3v) is 3.47. The highest BCUT2D eigenvalue weighted by Gasteiger charge is 2.11. The topological polar surface area (TPSA) is 55.2 Å². The SMILES string of the molecule is COc1cc(CC(O)c2ccc3ccccc3c2)ncn1. The molecule has 1 heterocycles. The number of ether oxygens (including phenoxy) is 1. The van der Waals surface area contributed by atoms with E-state index in [1.165, 1.54) is 6.33 Å². The Morgan fingerprint density at radius 2 is 1.86 bits per heavy atom. The first-order chi connectivity index (χ1) is 10.3. The monoisotopic (exact) mass is 280 g/mol. The Morgan fingerprint density at radius 3 is 2.67 bits per heavy atom. The Morgan fingerprint density at radius 1 is 1.05 bits per heavy atom. The van der Waals surface area contributed by atoms with Crippen molar-refractivity contribution in [3.63, 3.8) is 0 Å². The summed E-state index contributed by atoms with van der Waals surface area (Å²) < 4.78 is 5.07. The van der Waals surface area contributed by atoms with Crippen molar-refractivity contribution in [3.8, 4) is 5.88 Å². The number of benzene rings is 2. The Hall–Kier alpha value is -2.46. The lowest BCUT2D eigenvalue weighted by molar-refractivity contribution is 0.177. The van der Waals surface area contributed by atoms with Crippen LogP contribution < -0.4 is 4.74 Å². The van der Waals surface area contributed by atoms with Crippen LogP contribution in [0.4, 0.5) is 0 Å². The van der Waals surface area contributed by atoms with E-state index in [-0.39, 0.29) is 0 Å². The van der Waals surface area contributed by atoms with E-state index in [9.17, 15) is 5.11 Å². The van der Waals surface area contributed by atoms with Gasteiger partial charge in [-0.1, -0.05) is 36.4 Å². The molecule has 0 aliphatic heterocycles. The van der Waals surface area contributed by atoms with Gasteiger partial charge in [0.15, 0.2) is 0 Å². The molecule has 0 radical (unpaired) electrons. The molecule has 0 aliphatic carbocycles. The second-order valence-corrected chi connectivity index (χ2v) is 4.88. The molecule has 4 heteroatoms. The maximum Gasteiger partial charge on any atom is 0.216 e. The third-order valence-electron chi connectivity index (χ3n) is 3.47. The first kappa shape index (κ1) is 13.5. The summed E-state index contributed by atoms with van der Waals surface area (Å²) in [7, 11) is 1.56. The molecule has 21 heavy (non-hydrogen) atoms. The first-order valence-electron chi connectivity index (χ1n) is 6.78. The van der Waals surface area contributed by atoms with Crippen LogP contribution in [0.5, 0.6) is 5.88 Å². The number of methoxy groups -OCH3 is 1. The number of aliphatic hydroxyl groups excluding tert-OH is 1. The Balaban J connectivity index is 1.84. The van der Waals surface area contributed by atoms with Crippen molar-refractivity contribution in [1.82, 2.24) is 9.97 Å². The molecule has 106 valence electrons. The van der Waals surface area contributed by atoms with Gasteiger partial charge in [0, 0.05) is 12.5 Å². The molecule has 0 saturated heterocycles. The summed E-state index contributed by atoms with van der Waals surface area (Å²) in [5.74, 6) is 0.505. The van der Waals surface area contributed by atoms with E-state index < -0.39 is 6.10 Å². The van der Waals surface area contributed by atoms with Crippen LogP contribution in [-0.4, -0.2) is 22.2 Å². The molecule has 1 aromatic heterocycles. The summed E-state index contributed by atoms with van der Waals surface area (Å²) in [6.45, 7) is 0. The average Bonchev–Trinajstić information content (AvgIpc) is 2.54. The number of hydrogen-bond donors (Lipinski definition) is 1. The number of nitrogens with zero attached hydrogens (tertiary/aromatic N) is 2. The molecule has 0 amide bonds. The molecule has 1 atom stereocenters. The molecular formula is C17H16N2O2. The number of rotatable bonds is 4. The van der Waals surface area contributed by atoms with E-state index in [1.807, 2.05) is 36.4 Å². The van der Waals surface area contributed by atoms with Crippen molar-refractivity contribution in [1.29, 1.82) is 0 Å². The van der Waals surface area contributed by atoms with Crippen molar-refractivity contribution in [2.24, 2.45) is 0 Å². The largest absolute Gasteiger partial charge is 0.481 e. The fourth-order valence-corrected chi connectivity index (χ4v) is 2.33. The summed E-state index contributed by atoms with van der Waals surface area (Å²) in [5.41, 5.74) is 1.63. The first-order valence-corrected chi connectivity index (χ1v) is 6.78. The minimum atomic E-state index is -0.603. The summed E-state index contributed by atoms with van der Waals surface area (Å²) >= 11 is 0. The van der Waals surface area contributed by atoms with Crippen LogP contribution in [0.3, 0.4) is 0 Å². The second-order valence-electron chi connectivity index (χ2n) is 4.88. The van der Waals surface area contributed by atoms with E-state index in [2.05, 4.69) is 16.0 Å². The van der Waals surface area contributed by atoms with Crippen molar-refractivity contribution < 1.29 is 9.84 Å². The molecule has 4 nitrogen and oxygen atoms in total. The molecule has 1 unspecified atom stereocenters. The van der Waals surface area contributed by atoms with Gasteiger partial charge >= 0.3 is 0 Å². The quantitative estimate of drug-likeness (QED) is 0.798. The zero-order valence-corrected chi connectivity index (χ0v) is 11.7. The molecule has 0 spiro atoms. The van der Waals surface area contributed by atoms with Crippen molar-refractivity contribution in [3.05, 3.63) is 66.1 Å². The number of fused-ring (bicyclic) bond motifs is 1. The molecular weight excluding hydrogens is 264 g/mol. The van der Waals surface area contributed by atoms with Crippen LogP contribution in [0, 0.1) is 0 Å². The van der Waals surface area contributed by atoms with Gasteiger partial charge in [-0.2, -0.15) is 0 Å². The average molecular weight is 280 g/mol. The fraction of sp³-hybridized carbons (Fsp3) is 0.176. The predicted molar refractivity (Wildman–Crippen MR) is 81.2 cm³/mol. The van der Waals surface area contributed by atoms with Gasteiger partial charge in [0.2, 0.25) is 5.88 Å². The molecule has 3 aromatic rings. The van der Waals surface area contributed by atoms with Crippen LogP contribution in [0.1, 0.15) is 17.4 Å². The lowest BCUT2D eigenvalue weighted by atomic mass is 10.0. The minimum Gasteiger partial charge on any atom is -0.481 e. The summed E-state index contributed by atoms with van der Waals surface area (Å²) in [6.07, 6.45) is 1.27. The van der Waals surface area contributed by atoms with E-state index in [4.69, 9.17) is 4.74 Å². The van der Waals surface area contributed by atoms with Gasteiger partial charge in [0.25, 0.3) is 0 Å². The Labute approximate surface area is 123 Å². The van der Waals surface area contributed by atoms with Crippen LogP contribution in [0.25, 0.3) is 10.8 Å². The van der Waals surface area contributed by atoms with Crippen LogP contribution >= 0.6 is 0 Å². The number of aliphatic hydroxyl groups is 1. The van der Waals surface area contributed by atoms with Gasteiger partial charge in [0.05, 0.1) is 18.9 Å². The molecule has 0 saturated carbocycles. The fourth-order valence-electron chi connectivity index (χ4n) is 2.33. The van der Waals surface area contributed by atoms with Crippen LogP contribution in [0.15, 0.2) is 54.9 Å². The maximum atomic E-state index is 10.4. The molecule has 0 fully saturated rings. The minimum absolute atomic E-state index is 0.428. The van der Waals surface area contributed by atoms with Crippen LogP contribution in [0.2, 0.25) is 0 Å². The zero-order chi connectivity index (χ0) is 14.7. The lowest BCUT2D eigenvalue weighted by Crippen LogP contribution is -2.04. The van der Waals surface area contributed by atoms with E-state index in [0.29, 0.717) is 12.3 Å². The lowest BCUT2D eigenvalue weighted by Gasteiger charge is -2.12. The van der Waals surface area contributed by atoms with Gasteiger partial charge < -0.3 is 9.84 Å². The summed E-state index contributed by atoms with van der Waals surface area (Å²) in [4.78, 5) is 8.13. The van der Waals surface area contributed by atoms with Gasteiger partial charge in [0.1, 0.15) is 6.33 Å². The molecule has 0 aliphatic rings. The normalized spacial score (nSPS) is 12.3.